The normalized spacial score (nSPS) is 24.8. The van der Waals surface area contributed by atoms with E-state index in [-0.39, 0.29) is 11.8 Å². The number of benzene rings is 1. The molecule has 3 N–H and O–H groups in total. The molecule has 3 nitrogen and oxygen atoms in total. The Kier molecular flexibility index (Phi) is 4.37. The van der Waals surface area contributed by atoms with Crippen molar-refractivity contribution in [1.29, 1.82) is 0 Å². The average Bonchev–Trinajstić information content (AvgIpc) is 2.77. The van der Waals surface area contributed by atoms with Crippen molar-refractivity contribution in [3.63, 3.8) is 0 Å². The van der Waals surface area contributed by atoms with Crippen LogP contribution in [0.4, 0.5) is 0 Å². The van der Waals surface area contributed by atoms with E-state index in [2.05, 4.69) is 12.2 Å². The van der Waals surface area contributed by atoms with Gasteiger partial charge in [-0.3, -0.25) is 4.79 Å². The van der Waals surface area contributed by atoms with E-state index < -0.39 is 0 Å². The van der Waals surface area contributed by atoms with Crippen LogP contribution in [0.1, 0.15) is 37.7 Å². The van der Waals surface area contributed by atoms with Crippen molar-refractivity contribution in [3.05, 3.63) is 35.9 Å². The van der Waals surface area contributed by atoms with E-state index in [1.54, 1.807) is 0 Å². The summed E-state index contributed by atoms with van der Waals surface area (Å²) in [6.07, 6.45) is 3.40. The van der Waals surface area contributed by atoms with E-state index in [1.165, 1.54) is 6.42 Å². The summed E-state index contributed by atoms with van der Waals surface area (Å²) in [6, 6.07) is 10.1. The molecule has 18 heavy (non-hydrogen) atoms. The lowest BCUT2D eigenvalue weighted by Crippen LogP contribution is -2.39. The van der Waals surface area contributed by atoms with Gasteiger partial charge in [-0.15, -0.1) is 0 Å². The molecule has 1 aromatic rings. The fourth-order valence-electron chi connectivity index (χ4n) is 2.72. The standard InChI is InChI=1S/C15H22N2O/c1-11-7-8-13(9-11)17-15(18)14(10-16)12-5-3-2-4-6-12/h2-6,11,13-14H,7-10,16H2,1H3,(H,17,18). The Bertz CT molecular complexity index is 391. The second-order valence-corrected chi connectivity index (χ2v) is 5.32. The minimum atomic E-state index is -0.220. The molecule has 0 aliphatic heterocycles. The van der Waals surface area contributed by atoms with Crippen molar-refractivity contribution in [2.45, 2.75) is 38.1 Å². The lowest BCUT2D eigenvalue weighted by atomic mass is 9.98. The molecule has 0 heterocycles. The summed E-state index contributed by atoms with van der Waals surface area (Å²) in [7, 11) is 0. The van der Waals surface area contributed by atoms with Gasteiger partial charge in [0.25, 0.3) is 0 Å². The van der Waals surface area contributed by atoms with Gasteiger partial charge in [0.15, 0.2) is 0 Å². The number of carbonyl (C=O) groups excluding carboxylic acids is 1. The Morgan fingerprint density at radius 2 is 2.11 bits per heavy atom. The first-order chi connectivity index (χ1) is 8.70. The van der Waals surface area contributed by atoms with Gasteiger partial charge in [-0.1, -0.05) is 37.3 Å². The van der Waals surface area contributed by atoms with E-state index in [9.17, 15) is 4.79 Å². The Morgan fingerprint density at radius 3 is 2.67 bits per heavy atom. The summed E-state index contributed by atoms with van der Waals surface area (Å²) in [6.45, 7) is 2.60. The summed E-state index contributed by atoms with van der Waals surface area (Å²) in [5.41, 5.74) is 6.75. The molecule has 1 aromatic carbocycles. The van der Waals surface area contributed by atoms with Gasteiger partial charge in [-0.25, -0.2) is 0 Å². The Hall–Kier alpha value is -1.35. The maximum Gasteiger partial charge on any atom is 0.229 e. The molecule has 0 saturated heterocycles. The minimum absolute atomic E-state index is 0.0720. The number of hydrogen-bond acceptors (Lipinski definition) is 2. The van der Waals surface area contributed by atoms with Crippen LogP contribution in [0.3, 0.4) is 0 Å². The molecule has 0 spiro atoms. The van der Waals surface area contributed by atoms with Crippen LogP contribution in [0.2, 0.25) is 0 Å². The number of amides is 1. The van der Waals surface area contributed by atoms with E-state index in [0.717, 1.165) is 24.3 Å². The zero-order valence-corrected chi connectivity index (χ0v) is 10.9. The van der Waals surface area contributed by atoms with Crippen LogP contribution in [0, 0.1) is 5.92 Å². The van der Waals surface area contributed by atoms with E-state index >= 15 is 0 Å². The third-order valence-corrected chi connectivity index (χ3v) is 3.80. The van der Waals surface area contributed by atoms with Crippen molar-refractivity contribution in [2.75, 3.05) is 6.54 Å². The SMILES string of the molecule is CC1CCC(NC(=O)C(CN)c2ccccc2)C1. The summed E-state index contributed by atoms with van der Waals surface area (Å²) in [5.74, 6) is 0.577. The maximum atomic E-state index is 12.2. The summed E-state index contributed by atoms with van der Waals surface area (Å²) >= 11 is 0. The van der Waals surface area contributed by atoms with Gasteiger partial charge in [-0.2, -0.15) is 0 Å². The molecule has 3 atom stereocenters. The molecule has 1 aliphatic rings. The molecule has 98 valence electrons. The largest absolute Gasteiger partial charge is 0.353 e. The lowest BCUT2D eigenvalue weighted by molar-refractivity contribution is -0.123. The minimum Gasteiger partial charge on any atom is -0.353 e. The highest BCUT2D eigenvalue weighted by Gasteiger charge is 2.26. The van der Waals surface area contributed by atoms with Gasteiger partial charge in [0.2, 0.25) is 5.91 Å². The topological polar surface area (TPSA) is 55.1 Å². The summed E-state index contributed by atoms with van der Waals surface area (Å²) < 4.78 is 0. The molecular formula is C15H22N2O. The van der Waals surface area contributed by atoms with E-state index in [1.807, 2.05) is 30.3 Å². The number of hydrogen-bond donors (Lipinski definition) is 2. The van der Waals surface area contributed by atoms with Crippen molar-refractivity contribution < 1.29 is 4.79 Å². The van der Waals surface area contributed by atoms with Crippen molar-refractivity contribution in [2.24, 2.45) is 11.7 Å². The van der Waals surface area contributed by atoms with Crippen LogP contribution in [-0.2, 0) is 4.79 Å². The van der Waals surface area contributed by atoms with E-state index in [4.69, 9.17) is 5.73 Å². The van der Waals surface area contributed by atoms with Crippen LogP contribution in [0.25, 0.3) is 0 Å². The quantitative estimate of drug-likeness (QED) is 0.854. The van der Waals surface area contributed by atoms with Crippen molar-refractivity contribution >= 4 is 5.91 Å². The number of rotatable bonds is 4. The zero-order valence-electron chi connectivity index (χ0n) is 10.9. The maximum absolute atomic E-state index is 12.2. The first-order valence-electron chi connectivity index (χ1n) is 6.76. The molecule has 3 unspecified atom stereocenters. The van der Waals surface area contributed by atoms with Crippen LogP contribution in [-0.4, -0.2) is 18.5 Å². The van der Waals surface area contributed by atoms with Crippen molar-refractivity contribution in [3.8, 4) is 0 Å². The van der Waals surface area contributed by atoms with Crippen LogP contribution in [0.5, 0.6) is 0 Å². The lowest BCUT2D eigenvalue weighted by Gasteiger charge is -2.19. The van der Waals surface area contributed by atoms with Crippen LogP contribution < -0.4 is 11.1 Å². The molecular weight excluding hydrogens is 224 g/mol. The van der Waals surface area contributed by atoms with Gasteiger partial charge in [-0.05, 0) is 30.7 Å². The molecule has 1 saturated carbocycles. The second kappa shape index (κ2) is 6.01. The highest BCUT2D eigenvalue weighted by atomic mass is 16.1. The van der Waals surface area contributed by atoms with Gasteiger partial charge >= 0.3 is 0 Å². The van der Waals surface area contributed by atoms with Crippen molar-refractivity contribution in [1.82, 2.24) is 5.32 Å². The summed E-state index contributed by atoms with van der Waals surface area (Å²) in [5, 5.41) is 3.14. The van der Waals surface area contributed by atoms with Gasteiger partial charge in [0.05, 0.1) is 5.92 Å². The molecule has 1 amide bonds. The molecule has 0 bridgehead atoms. The molecule has 0 aromatic heterocycles. The van der Waals surface area contributed by atoms with E-state index in [0.29, 0.717) is 12.6 Å². The third-order valence-electron chi connectivity index (χ3n) is 3.80. The predicted molar refractivity (Wildman–Crippen MR) is 73.2 cm³/mol. The van der Waals surface area contributed by atoms with Gasteiger partial charge < -0.3 is 11.1 Å². The van der Waals surface area contributed by atoms with Gasteiger partial charge in [0, 0.05) is 12.6 Å². The number of carbonyl (C=O) groups is 1. The zero-order chi connectivity index (χ0) is 13.0. The molecule has 0 radical (unpaired) electrons. The van der Waals surface area contributed by atoms with Crippen LogP contribution >= 0.6 is 0 Å². The first-order valence-corrected chi connectivity index (χ1v) is 6.76. The molecule has 2 rings (SSSR count). The monoisotopic (exact) mass is 246 g/mol. The highest BCUT2D eigenvalue weighted by Crippen LogP contribution is 2.25. The fourth-order valence-corrected chi connectivity index (χ4v) is 2.72. The van der Waals surface area contributed by atoms with Crippen LogP contribution in [0.15, 0.2) is 30.3 Å². The highest BCUT2D eigenvalue weighted by molar-refractivity contribution is 5.84. The number of nitrogens with two attached hydrogens (primary N) is 1. The first kappa shape index (κ1) is 13.1. The molecule has 3 heteroatoms. The van der Waals surface area contributed by atoms with Gasteiger partial charge in [0.1, 0.15) is 0 Å². The fraction of sp³-hybridized carbons (Fsp3) is 0.533. The molecule has 1 fully saturated rings. The Balaban J connectivity index is 1.98. The Labute approximate surface area is 109 Å². The Morgan fingerprint density at radius 1 is 1.39 bits per heavy atom. The smallest absolute Gasteiger partial charge is 0.229 e. The summed E-state index contributed by atoms with van der Waals surface area (Å²) in [4.78, 5) is 12.2. The molecule has 1 aliphatic carbocycles. The second-order valence-electron chi connectivity index (χ2n) is 5.32. The predicted octanol–water partition coefficient (Wildman–Crippen LogP) is 2.03. The number of nitrogens with one attached hydrogen (secondary N) is 1. The average molecular weight is 246 g/mol. The third kappa shape index (κ3) is 3.10.